The Morgan fingerprint density at radius 1 is 0.818 bits per heavy atom. The van der Waals surface area contributed by atoms with Gasteiger partial charge in [0.1, 0.15) is 0 Å². The number of rotatable bonds is 3. The third-order valence-electron chi connectivity index (χ3n) is 3.59. The molecule has 0 saturated heterocycles. The lowest BCUT2D eigenvalue weighted by molar-refractivity contribution is 1.33. The van der Waals surface area contributed by atoms with Gasteiger partial charge in [-0.2, -0.15) is 0 Å². The number of aryl methyl sites for hydroxylation is 4. The van der Waals surface area contributed by atoms with Crippen LogP contribution in [0.25, 0.3) is 11.3 Å². The molecule has 0 bridgehead atoms. The second-order valence-corrected chi connectivity index (χ2v) is 6.99. The minimum atomic E-state index is 0.943. The van der Waals surface area contributed by atoms with E-state index in [2.05, 4.69) is 75.5 Å². The molecule has 0 radical (unpaired) electrons. The van der Waals surface area contributed by atoms with Gasteiger partial charge in [-0.05, 0) is 51.0 Å². The van der Waals surface area contributed by atoms with E-state index in [1.807, 2.05) is 0 Å². The average Bonchev–Trinajstić information content (AvgIpc) is 2.79. The molecule has 1 heterocycles. The smallest absolute Gasteiger partial charge is 0.187 e. The Kier molecular flexibility index (Phi) is 3.99. The summed E-state index contributed by atoms with van der Waals surface area (Å²) in [4.78, 5) is 6.00. The summed E-state index contributed by atoms with van der Waals surface area (Å²) in [6, 6.07) is 15.0. The highest BCUT2D eigenvalue weighted by Crippen LogP contribution is 2.32. The van der Waals surface area contributed by atoms with Crippen molar-refractivity contribution < 1.29 is 0 Å². The first-order chi connectivity index (χ1) is 10.5. The maximum atomic E-state index is 4.77. The first-order valence-corrected chi connectivity index (χ1v) is 8.23. The molecular weight excluding hydrogens is 288 g/mol. The molecule has 3 rings (SSSR count). The lowest BCUT2D eigenvalue weighted by atomic mass is 10.1. The standard InChI is InChI=1S/C19H20N2S/c1-12-5-7-16(8-6-12)18-15(4)22-19(21-18)20-17-10-13(2)9-14(3)11-17/h5-11H,1-4H3,(H,20,21). The van der Waals surface area contributed by atoms with Gasteiger partial charge in [0.05, 0.1) is 5.69 Å². The van der Waals surface area contributed by atoms with Crippen LogP contribution < -0.4 is 5.32 Å². The Morgan fingerprint density at radius 2 is 1.45 bits per heavy atom. The quantitative estimate of drug-likeness (QED) is 0.662. The molecule has 0 spiro atoms. The molecule has 0 saturated carbocycles. The van der Waals surface area contributed by atoms with Crippen LogP contribution >= 0.6 is 11.3 Å². The lowest BCUT2D eigenvalue weighted by Gasteiger charge is -2.05. The first kappa shape index (κ1) is 14.8. The third-order valence-corrected chi connectivity index (χ3v) is 4.48. The van der Waals surface area contributed by atoms with E-state index in [0.717, 1.165) is 16.5 Å². The van der Waals surface area contributed by atoms with E-state index in [-0.39, 0.29) is 0 Å². The van der Waals surface area contributed by atoms with Crippen LogP contribution in [0.1, 0.15) is 21.6 Å². The Morgan fingerprint density at radius 3 is 2.09 bits per heavy atom. The van der Waals surface area contributed by atoms with Gasteiger partial charge in [0.15, 0.2) is 5.13 Å². The van der Waals surface area contributed by atoms with Crippen molar-refractivity contribution in [2.75, 3.05) is 5.32 Å². The molecule has 0 aliphatic rings. The van der Waals surface area contributed by atoms with Crippen molar-refractivity contribution in [3.05, 3.63) is 64.0 Å². The zero-order valence-corrected chi connectivity index (χ0v) is 14.2. The summed E-state index contributed by atoms with van der Waals surface area (Å²) in [5.74, 6) is 0. The molecule has 1 N–H and O–H groups in total. The summed E-state index contributed by atoms with van der Waals surface area (Å²) in [5, 5.41) is 4.38. The molecule has 0 atom stereocenters. The molecule has 1 aromatic heterocycles. The molecule has 3 heteroatoms. The van der Waals surface area contributed by atoms with Gasteiger partial charge in [-0.1, -0.05) is 35.9 Å². The molecule has 0 aliphatic heterocycles. The fourth-order valence-electron chi connectivity index (χ4n) is 2.60. The van der Waals surface area contributed by atoms with E-state index in [9.17, 15) is 0 Å². The number of thiazole rings is 1. The highest BCUT2D eigenvalue weighted by Gasteiger charge is 2.10. The fourth-order valence-corrected chi connectivity index (χ4v) is 3.46. The Bertz CT molecular complexity index is 781. The van der Waals surface area contributed by atoms with Gasteiger partial charge >= 0.3 is 0 Å². The van der Waals surface area contributed by atoms with Crippen LogP contribution in [0.5, 0.6) is 0 Å². The van der Waals surface area contributed by atoms with E-state index in [4.69, 9.17) is 4.98 Å². The van der Waals surface area contributed by atoms with Crippen molar-refractivity contribution >= 4 is 22.2 Å². The molecule has 2 nitrogen and oxygen atoms in total. The molecule has 0 fully saturated rings. The van der Waals surface area contributed by atoms with Gasteiger partial charge in [0.25, 0.3) is 0 Å². The summed E-state index contributed by atoms with van der Waals surface area (Å²) in [6.07, 6.45) is 0. The first-order valence-electron chi connectivity index (χ1n) is 7.41. The Labute approximate surface area is 135 Å². The van der Waals surface area contributed by atoms with Crippen LogP contribution in [0.4, 0.5) is 10.8 Å². The summed E-state index contributed by atoms with van der Waals surface area (Å²) < 4.78 is 0. The maximum Gasteiger partial charge on any atom is 0.187 e. The van der Waals surface area contributed by atoms with Gasteiger partial charge in [-0.3, -0.25) is 0 Å². The molecular formula is C19H20N2S. The van der Waals surface area contributed by atoms with Crippen molar-refractivity contribution in [1.29, 1.82) is 0 Å². The van der Waals surface area contributed by atoms with Gasteiger partial charge in [0.2, 0.25) is 0 Å². The highest BCUT2D eigenvalue weighted by atomic mass is 32.1. The molecule has 0 amide bonds. The zero-order valence-electron chi connectivity index (χ0n) is 13.4. The number of anilines is 2. The molecule has 3 aromatic rings. The van der Waals surface area contributed by atoms with Crippen LogP contribution in [0.2, 0.25) is 0 Å². The minimum Gasteiger partial charge on any atom is -0.332 e. The Hall–Kier alpha value is -2.13. The van der Waals surface area contributed by atoms with Crippen molar-refractivity contribution in [3.8, 4) is 11.3 Å². The summed E-state index contributed by atoms with van der Waals surface area (Å²) in [6.45, 7) is 8.45. The van der Waals surface area contributed by atoms with Crippen LogP contribution in [0.3, 0.4) is 0 Å². The van der Waals surface area contributed by atoms with Crippen LogP contribution in [-0.4, -0.2) is 4.98 Å². The van der Waals surface area contributed by atoms with Crippen molar-refractivity contribution in [3.63, 3.8) is 0 Å². The van der Waals surface area contributed by atoms with E-state index in [0.29, 0.717) is 0 Å². The van der Waals surface area contributed by atoms with Gasteiger partial charge < -0.3 is 5.32 Å². The normalized spacial score (nSPS) is 10.7. The number of hydrogen-bond acceptors (Lipinski definition) is 3. The summed E-state index contributed by atoms with van der Waals surface area (Å²) >= 11 is 1.70. The molecule has 0 aliphatic carbocycles. The number of hydrogen-bond donors (Lipinski definition) is 1. The van der Waals surface area contributed by atoms with Crippen molar-refractivity contribution in [1.82, 2.24) is 4.98 Å². The van der Waals surface area contributed by atoms with Gasteiger partial charge in [-0.25, -0.2) is 4.98 Å². The second kappa shape index (κ2) is 5.93. The molecule has 2 aromatic carbocycles. The average molecular weight is 308 g/mol. The minimum absolute atomic E-state index is 0.943. The summed E-state index contributed by atoms with van der Waals surface area (Å²) in [7, 11) is 0. The van der Waals surface area contributed by atoms with Gasteiger partial charge in [0, 0.05) is 16.1 Å². The van der Waals surface area contributed by atoms with E-state index < -0.39 is 0 Å². The topological polar surface area (TPSA) is 24.9 Å². The van der Waals surface area contributed by atoms with Crippen LogP contribution in [0, 0.1) is 27.7 Å². The number of nitrogens with zero attached hydrogens (tertiary/aromatic N) is 1. The monoisotopic (exact) mass is 308 g/mol. The zero-order chi connectivity index (χ0) is 15.7. The van der Waals surface area contributed by atoms with E-state index in [1.54, 1.807) is 11.3 Å². The van der Waals surface area contributed by atoms with Gasteiger partial charge in [-0.15, -0.1) is 11.3 Å². The van der Waals surface area contributed by atoms with Crippen molar-refractivity contribution in [2.45, 2.75) is 27.7 Å². The molecule has 0 unspecified atom stereocenters. The lowest BCUT2D eigenvalue weighted by Crippen LogP contribution is -1.91. The van der Waals surface area contributed by atoms with Crippen LogP contribution in [0.15, 0.2) is 42.5 Å². The van der Waals surface area contributed by atoms with E-state index in [1.165, 1.54) is 27.1 Å². The van der Waals surface area contributed by atoms with Crippen molar-refractivity contribution in [2.24, 2.45) is 0 Å². The molecule has 22 heavy (non-hydrogen) atoms. The summed E-state index contributed by atoms with van der Waals surface area (Å²) in [5.41, 5.74) is 7.13. The van der Waals surface area contributed by atoms with E-state index >= 15 is 0 Å². The number of benzene rings is 2. The second-order valence-electron chi connectivity index (χ2n) is 5.79. The van der Waals surface area contributed by atoms with Crippen LogP contribution in [-0.2, 0) is 0 Å². The number of aromatic nitrogens is 1. The number of nitrogens with one attached hydrogen (secondary N) is 1. The Balaban J connectivity index is 1.90. The maximum absolute atomic E-state index is 4.77. The SMILES string of the molecule is Cc1ccc(-c2nc(Nc3cc(C)cc(C)c3)sc2C)cc1. The molecule has 112 valence electrons. The predicted octanol–water partition coefficient (Wildman–Crippen LogP) is 5.79. The largest absolute Gasteiger partial charge is 0.332 e. The fraction of sp³-hybridized carbons (Fsp3) is 0.211. The predicted molar refractivity (Wildman–Crippen MR) is 96.2 cm³/mol. The highest BCUT2D eigenvalue weighted by molar-refractivity contribution is 7.16. The third kappa shape index (κ3) is 3.20.